The Hall–Kier alpha value is -1.99. The van der Waals surface area contributed by atoms with E-state index in [0.717, 1.165) is 38.5 Å². The van der Waals surface area contributed by atoms with Crippen LogP contribution in [0.25, 0.3) is 0 Å². The molecular weight excluding hydrogens is 390 g/mol. The van der Waals surface area contributed by atoms with Crippen LogP contribution in [0.1, 0.15) is 44.1 Å². The van der Waals surface area contributed by atoms with Gasteiger partial charge in [0.25, 0.3) is 0 Å². The summed E-state index contributed by atoms with van der Waals surface area (Å²) in [7, 11) is 0. The quantitative estimate of drug-likeness (QED) is 0.711. The third kappa shape index (κ3) is 3.62. The number of ether oxygens (including phenoxy) is 1. The van der Waals surface area contributed by atoms with Crippen LogP contribution in [-0.2, 0) is 10.2 Å². The largest absolute Gasteiger partial charge is 0.489 e. The van der Waals surface area contributed by atoms with Crippen molar-refractivity contribution in [3.63, 3.8) is 0 Å². The number of fused-ring (bicyclic) bond motifs is 3. The van der Waals surface area contributed by atoms with Gasteiger partial charge in [-0.2, -0.15) is 0 Å². The molecule has 1 aromatic carbocycles. The summed E-state index contributed by atoms with van der Waals surface area (Å²) in [6, 6.07) is 7.97. The Balaban J connectivity index is 1.38. The van der Waals surface area contributed by atoms with Crippen LogP contribution >= 0.6 is 0 Å². The first-order valence-electron chi connectivity index (χ1n) is 10.7. The van der Waals surface area contributed by atoms with Gasteiger partial charge in [0.2, 0.25) is 5.91 Å². The van der Waals surface area contributed by atoms with Gasteiger partial charge in [0.05, 0.1) is 26.0 Å². The van der Waals surface area contributed by atoms with Gasteiger partial charge in [-0.15, -0.1) is 0 Å². The zero-order valence-electron chi connectivity index (χ0n) is 17.2. The Morgan fingerprint density at radius 2 is 1.73 bits per heavy atom. The van der Waals surface area contributed by atoms with Crippen molar-refractivity contribution < 1.29 is 23.4 Å². The molecule has 3 aliphatic carbocycles. The Kier molecular flexibility index (Phi) is 5.62. The first kappa shape index (κ1) is 21.2. The lowest BCUT2D eigenvalue weighted by Crippen LogP contribution is -2.66. The van der Waals surface area contributed by atoms with Crippen molar-refractivity contribution in [2.24, 2.45) is 11.1 Å². The fraction of sp³-hybridized carbons (Fsp3) is 0.609. The van der Waals surface area contributed by atoms with Crippen LogP contribution in [0.15, 0.2) is 36.2 Å². The summed E-state index contributed by atoms with van der Waals surface area (Å²) in [6.45, 7) is -0.235. The average molecular weight is 421 g/mol. The summed E-state index contributed by atoms with van der Waals surface area (Å²) in [4.78, 5) is 14.6. The molecule has 0 unspecified atom stereocenters. The van der Waals surface area contributed by atoms with Crippen molar-refractivity contribution in [3.05, 3.63) is 41.7 Å². The SMILES string of the molecule is NCC(=CF)COc1ccc(C23CCC(C(=O)N4CC(F)(CO)C4)(CC2)CC3)cc1. The molecule has 1 aliphatic heterocycles. The zero-order chi connectivity index (χ0) is 21.4. The summed E-state index contributed by atoms with van der Waals surface area (Å²) in [6.07, 6.45) is 5.77. The number of halogens is 2. The van der Waals surface area contributed by atoms with Crippen LogP contribution in [-0.4, -0.2) is 54.4 Å². The van der Waals surface area contributed by atoms with Crippen LogP contribution in [0.5, 0.6) is 5.75 Å². The third-order valence-electron chi connectivity index (χ3n) is 7.53. The number of carbonyl (C=O) groups is 1. The lowest BCUT2D eigenvalue weighted by atomic mass is 9.51. The van der Waals surface area contributed by atoms with E-state index in [1.54, 1.807) is 4.90 Å². The highest BCUT2D eigenvalue weighted by atomic mass is 19.1. The highest BCUT2D eigenvalue weighted by molar-refractivity contribution is 5.84. The number of aliphatic hydroxyl groups is 1. The number of hydrogen-bond donors (Lipinski definition) is 2. The maximum Gasteiger partial charge on any atom is 0.229 e. The van der Waals surface area contributed by atoms with E-state index >= 15 is 0 Å². The van der Waals surface area contributed by atoms with E-state index in [1.165, 1.54) is 5.56 Å². The molecule has 3 saturated carbocycles. The maximum atomic E-state index is 14.0. The van der Waals surface area contributed by atoms with E-state index < -0.39 is 12.3 Å². The monoisotopic (exact) mass is 420 g/mol. The molecule has 3 N–H and O–H groups in total. The molecule has 4 aliphatic rings. The van der Waals surface area contributed by atoms with Gasteiger partial charge >= 0.3 is 0 Å². The number of amides is 1. The van der Waals surface area contributed by atoms with Crippen molar-refractivity contribution in [2.45, 2.75) is 49.6 Å². The number of nitrogens with zero attached hydrogens (tertiary/aromatic N) is 1. The van der Waals surface area contributed by atoms with Gasteiger partial charge in [0, 0.05) is 17.5 Å². The van der Waals surface area contributed by atoms with E-state index in [9.17, 15) is 13.6 Å². The van der Waals surface area contributed by atoms with E-state index in [-0.39, 0.29) is 43.0 Å². The second kappa shape index (κ2) is 7.93. The van der Waals surface area contributed by atoms with Gasteiger partial charge in [-0.05, 0) is 61.6 Å². The lowest BCUT2D eigenvalue weighted by Gasteiger charge is -2.56. The number of likely N-dealkylation sites (tertiary alicyclic amines) is 1. The fourth-order valence-corrected chi connectivity index (χ4v) is 5.37. The van der Waals surface area contributed by atoms with Gasteiger partial charge < -0.3 is 20.5 Å². The summed E-state index contributed by atoms with van der Waals surface area (Å²) in [5.41, 5.74) is 5.20. The van der Waals surface area contributed by atoms with E-state index in [1.807, 2.05) is 12.1 Å². The first-order valence-corrected chi connectivity index (χ1v) is 10.7. The number of rotatable bonds is 7. The Morgan fingerprint density at radius 1 is 1.13 bits per heavy atom. The minimum atomic E-state index is -1.62. The highest BCUT2D eigenvalue weighted by Gasteiger charge is 2.57. The Morgan fingerprint density at radius 3 is 2.23 bits per heavy atom. The molecule has 1 amide bonds. The number of alkyl halides is 1. The summed E-state index contributed by atoms with van der Waals surface area (Å²) >= 11 is 0. The molecule has 1 saturated heterocycles. The minimum absolute atomic E-state index is 0.0140. The molecule has 4 fully saturated rings. The number of hydrogen-bond acceptors (Lipinski definition) is 4. The average Bonchev–Trinajstić information content (AvgIpc) is 2.78. The normalized spacial score (nSPS) is 30.1. The van der Waals surface area contributed by atoms with Gasteiger partial charge in [-0.25, -0.2) is 8.78 Å². The third-order valence-corrected chi connectivity index (χ3v) is 7.53. The summed E-state index contributed by atoms with van der Waals surface area (Å²) < 4.78 is 32.2. The molecule has 30 heavy (non-hydrogen) atoms. The topological polar surface area (TPSA) is 75.8 Å². The van der Waals surface area contributed by atoms with Crippen molar-refractivity contribution in [3.8, 4) is 5.75 Å². The predicted molar refractivity (Wildman–Crippen MR) is 110 cm³/mol. The van der Waals surface area contributed by atoms with Gasteiger partial charge in [0.15, 0.2) is 5.67 Å². The van der Waals surface area contributed by atoms with Crippen LogP contribution in [0, 0.1) is 5.41 Å². The predicted octanol–water partition coefficient (Wildman–Crippen LogP) is 3.01. The fourth-order valence-electron chi connectivity index (χ4n) is 5.37. The molecule has 7 heteroatoms. The van der Waals surface area contributed by atoms with Gasteiger partial charge in [0.1, 0.15) is 12.4 Å². The Labute approximate surface area is 175 Å². The molecular formula is C23H30F2N2O3. The molecule has 0 atom stereocenters. The standard InChI is InChI=1S/C23H30F2N2O3/c24-11-17(12-26)13-30-19-3-1-18(2-4-19)21-5-8-22(9-6-21,10-7-21)20(29)27-14-23(25,15-27)16-28/h1-4,11,28H,5-10,12-16,26H2. The molecule has 1 heterocycles. The number of carbonyl (C=O) groups excluding carboxylic acids is 1. The first-order chi connectivity index (χ1) is 14.4. The maximum absolute atomic E-state index is 14.0. The van der Waals surface area contributed by atoms with E-state index in [0.29, 0.717) is 17.7 Å². The van der Waals surface area contributed by atoms with Crippen LogP contribution in [0.2, 0.25) is 0 Å². The highest BCUT2D eigenvalue weighted by Crippen LogP contribution is 2.58. The summed E-state index contributed by atoms with van der Waals surface area (Å²) in [5, 5.41) is 9.10. The zero-order valence-corrected chi connectivity index (χ0v) is 17.2. The van der Waals surface area contributed by atoms with Crippen molar-refractivity contribution >= 4 is 5.91 Å². The van der Waals surface area contributed by atoms with E-state index in [2.05, 4.69) is 12.1 Å². The molecule has 0 spiro atoms. The van der Waals surface area contributed by atoms with Crippen molar-refractivity contribution in [1.82, 2.24) is 4.90 Å². The lowest BCUT2D eigenvalue weighted by molar-refractivity contribution is -0.166. The molecule has 164 valence electrons. The second-order valence-corrected chi connectivity index (χ2v) is 9.32. The molecule has 2 bridgehead atoms. The number of benzene rings is 1. The second-order valence-electron chi connectivity index (χ2n) is 9.32. The number of nitrogens with two attached hydrogens (primary N) is 1. The number of aliphatic hydroxyl groups excluding tert-OH is 1. The minimum Gasteiger partial charge on any atom is -0.489 e. The van der Waals surface area contributed by atoms with Crippen molar-refractivity contribution in [1.29, 1.82) is 0 Å². The van der Waals surface area contributed by atoms with Gasteiger partial charge in [-0.1, -0.05) is 12.1 Å². The molecule has 0 radical (unpaired) electrons. The molecule has 1 aromatic rings. The molecule has 5 rings (SSSR count). The van der Waals surface area contributed by atoms with Crippen LogP contribution in [0.4, 0.5) is 8.78 Å². The van der Waals surface area contributed by atoms with Crippen LogP contribution < -0.4 is 10.5 Å². The Bertz CT molecular complexity index is 794. The van der Waals surface area contributed by atoms with E-state index in [4.69, 9.17) is 15.6 Å². The molecule has 5 nitrogen and oxygen atoms in total. The van der Waals surface area contributed by atoms with Crippen LogP contribution in [0.3, 0.4) is 0 Å². The summed E-state index contributed by atoms with van der Waals surface area (Å²) in [5.74, 6) is 0.744. The van der Waals surface area contributed by atoms with Crippen molar-refractivity contribution in [2.75, 3.05) is 32.8 Å². The van der Waals surface area contributed by atoms with Gasteiger partial charge in [-0.3, -0.25) is 4.79 Å². The molecule has 0 aromatic heterocycles. The smallest absolute Gasteiger partial charge is 0.229 e.